The SMILES string of the molecule is CC(=O)SC1CCCCC1Cl. The molecular weight excluding hydrogens is 180 g/mol. The molecule has 0 aliphatic heterocycles. The van der Waals surface area contributed by atoms with Crippen molar-refractivity contribution in [2.75, 3.05) is 0 Å². The number of halogens is 1. The van der Waals surface area contributed by atoms with Crippen molar-refractivity contribution in [3.63, 3.8) is 0 Å². The quantitative estimate of drug-likeness (QED) is 0.595. The molecule has 0 saturated heterocycles. The Morgan fingerprint density at radius 3 is 2.64 bits per heavy atom. The molecule has 1 rings (SSSR count). The monoisotopic (exact) mass is 192 g/mol. The van der Waals surface area contributed by atoms with Crippen molar-refractivity contribution in [2.24, 2.45) is 0 Å². The molecule has 1 aliphatic carbocycles. The molecule has 1 nitrogen and oxygen atoms in total. The van der Waals surface area contributed by atoms with Crippen LogP contribution in [0.2, 0.25) is 0 Å². The number of hydrogen-bond acceptors (Lipinski definition) is 2. The Bertz CT molecular complexity index is 149. The van der Waals surface area contributed by atoms with Crippen molar-refractivity contribution < 1.29 is 4.79 Å². The molecule has 0 spiro atoms. The predicted molar refractivity (Wildman–Crippen MR) is 50.2 cm³/mol. The zero-order valence-corrected chi connectivity index (χ0v) is 8.25. The van der Waals surface area contributed by atoms with Crippen LogP contribution in [0.25, 0.3) is 0 Å². The molecule has 0 bridgehead atoms. The fourth-order valence-electron chi connectivity index (χ4n) is 1.40. The molecule has 3 heteroatoms. The van der Waals surface area contributed by atoms with Gasteiger partial charge in [-0.3, -0.25) is 4.79 Å². The Balaban J connectivity index is 2.35. The van der Waals surface area contributed by atoms with Gasteiger partial charge >= 0.3 is 0 Å². The number of thioether (sulfide) groups is 1. The molecule has 11 heavy (non-hydrogen) atoms. The lowest BCUT2D eigenvalue weighted by Gasteiger charge is -2.25. The second kappa shape index (κ2) is 4.36. The lowest BCUT2D eigenvalue weighted by atomic mass is 10.00. The number of rotatable bonds is 1. The molecule has 0 radical (unpaired) electrons. The molecule has 0 aromatic carbocycles. The number of carbonyl (C=O) groups is 1. The van der Waals surface area contributed by atoms with Crippen molar-refractivity contribution in [1.82, 2.24) is 0 Å². The minimum atomic E-state index is 0.197. The van der Waals surface area contributed by atoms with Crippen molar-refractivity contribution in [3.05, 3.63) is 0 Å². The van der Waals surface area contributed by atoms with Crippen LogP contribution in [0.1, 0.15) is 32.6 Å². The van der Waals surface area contributed by atoms with Gasteiger partial charge in [0.15, 0.2) is 5.12 Å². The molecule has 1 aliphatic rings. The fraction of sp³-hybridized carbons (Fsp3) is 0.875. The van der Waals surface area contributed by atoms with E-state index < -0.39 is 0 Å². The Morgan fingerprint density at radius 1 is 1.45 bits per heavy atom. The third kappa shape index (κ3) is 3.04. The first-order chi connectivity index (χ1) is 5.20. The summed E-state index contributed by atoms with van der Waals surface area (Å²) in [5, 5.41) is 0.795. The molecule has 1 fully saturated rings. The minimum Gasteiger partial charge on any atom is -0.288 e. The van der Waals surface area contributed by atoms with E-state index in [0.29, 0.717) is 5.25 Å². The first-order valence-corrected chi connectivity index (χ1v) is 5.33. The van der Waals surface area contributed by atoms with E-state index in [2.05, 4.69) is 0 Å². The molecule has 2 unspecified atom stereocenters. The molecule has 0 amide bonds. The number of hydrogen-bond donors (Lipinski definition) is 0. The van der Waals surface area contributed by atoms with Crippen LogP contribution in [0, 0.1) is 0 Å². The topological polar surface area (TPSA) is 17.1 Å². The number of alkyl halides is 1. The van der Waals surface area contributed by atoms with Crippen LogP contribution in [-0.4, -0.2) is 15.7 Å². The standard InChI is InChI=1S/C8H13ClOS/c1-6(10)11-8-5-3-2-4-7(8)9/h7-8H,2-5H2,1H3. The number of carbonyl (C=O) groups excluding carboxylic acids is 1. The van der Waals surface area contributed by atoms with Gasteiger partial charge in [-0.15, -0.1) is 11.6 Å². The van der Waals surface area contributed by atoms with Gasteiger partial charge in [-0.1, -0.05) is 24.6 Å². The van der Waals surface area contributed by atoms with Crippen LogP contribution in [0.15, 0.2) is 0 Å². The van der Waals surface area contributed by atoms with E-state index in [1.165, 1.54) is 24.6 Å². The first kappa shape index (κ1) is 9.40. The van der Waals surface area contributed by atoms with E-state index >= 15 is 0 Å². The highest BCUT2D eigenvalue weighted by Crippen LogP contribution is 2.32. The Hall–Kier alpha value is 0.310. The van der Waals surface area contributed by atoms with Crippen LogP contribution >= 0.6 is 23.4 Å². The highest BCUT2D eigenvalue weighted by molar-refractivity contribution is 8.14. The zero-order chi connectivity index (χ0) is 8.27. The average Bonchev–Trinajstić information content (AvgIpc) is 1.93. The molecule has 0 heterocycles. The van der Waals surface area contributed by atoms with Gasteiger partial charge in [0.25, 0.3) is 0 Å². The fourth-order valence-corrected chi connectivity index (χ4v) is 2.83. The summed E-state index contributed by atoms with van der Waals surface area (Å²) in [4.78, 5) is 10.8. The molecule has 0 aromatic heterocycles. The van der Waals surface area contributed by atoms with Crippen molar-refractivity contribution in [2.45, 2.75) is 43.2 Å². The summed E-state index contributed by atoms with van der Waals surface area (Å²) in [5.41, 5.74) is 0. The Kier molecular flexibility index (Phi) is 3.73. The van der Waals surface area contributed by atoms with E-state index in [-0.39, 0.29) is 10.5 Å². The third-order valence-electron chi connectivity index (χ3n) is 1.94. The van der Waals surface area contributed by atoms with Crippen molar-refractivity contribution >= 4 is 28.5 Å². The van der Waals surface area contributed by atoms with Crippen LogP contribution in [0.3, 0.4) is 0 Å². The Morgan fingerprint density at radius 2 is 2.09 bits per heavy atom. The summed E-state index contributed by atoms with van der Waals surface area (Å²) in [7, 11) is 0. The van der Waals surface area contributed by atoms with Gasteiger partial charge in [0, 0.05) is 17.6 Å². The molecule has 64 valence electrons. The van der Waals surface area contributed by atoms with Gasteiger partial charge < -0.3 is 0 Å². The summed E-state index contributed by atoms with van der Waals surface area (Å²) in [5.74, 6) is 0. The summed E-state index contributed by atoms with van der Waals surface area (Å²) < 4.78 is 0. The predicted octanol–water partition coefficient (Wildman–Crippen LogP) is 2.82. The molecule has 2 atom stereocenters. The van der Waals surface area contributed by atoms with Gasteiger partial charge in [0.2, 0.25) is 0 Å². The van der Waals surface area contributed by atoms with Gasteiger partial charge in [-0.2, -0.15) is 0 Å². The maximum atomic E-state index is 10.8. The largest absolute Gasteiger partial charge is 0.288 e. The molecule has 1 saturated carbocycles. The van der Waals surface area contributed by atoms with Crippen molar-refractivity contribution in [3.8, 4) is 0 Å². The summed E-state index contributed by atoms with van der Waals surface area (Å²) >= 11 is 7.47. The van der Waals surface area contributed by atoms with E-state index in [1.807, 2.05) is 0 Å². The Labute approximate surface area is 76.9 Å². The van der Waals surface area contributed by atoms with Crippen molar-refractivity contribution in [1.29, 1.82) is 0 Å². The second-order valence-corrected chi connectivity index (χ2v) is 4.93. The maximum Gasteiger partial charge on any atom is 0.186 e. The maximum absolute atomic E-state index is 10.8. The average molecular weight is 193 g/mol. The van der Waals surface area contributed by atoms with E-state index in [1.54, 1.807) is 6.92 Å². The lowest BCUT2D eigenvalue weighted by Crippen LogP contribution is -2.23. The van der Waals surface area contributed by atoms with E-state index in [0.717, 1.165) is 12.8 Å². The molecule has 0 aromatic rings. The highest BCUT2D eigenvalue weighted by Gasteiger charge is 2.24. The normalized spacial score (nSPS) is 31.8. The van der Waals surface area contributed by atoms with Crippen LogP contribution < -0.4 is 0 Å². The van der Waals surface area contributed by atoms with E-state index in [9.17, 15) is 4.79 Å². The second-order valence-electron chi connectivity index (χ2n) is 2.95. The first-order valence-electron chi connectivity index (χ1n) is 4.01. The van der Waals surface area contributed by atoms with Crippen LogP contribution in [-0.2, 0) is 4.79 Å². The smallest absolute Gasteiger partial charge is 0.186 e. The highest BCUT2D eigenvalue weighted by atomic mass is 35.5. The van der Waals surface area contributed by atoms with E-state index in [4.69, 9.17) is 11.6 Å². The lowest BCUT2D eigenvalue weighted by molar-refractivity contribution is -0.109. The summed E-state index contributed by atoms with van der Waals surface area (Å²) in [6, 6.07) is 0. The van der Waals surface area contributed by atoms with Gasteiger partial charge in [0.05, 0.1) is 0 Å². The minimum absolute atomic E-state index is 0.197. The van der Waals surface area contributed by atoms with Gasteiger partial charge in [-0.25, -0.2) is 0 Å². The molecule has 0 N–H and O–H groups in total. The zero-order valence-electron chi connectivity index (χ0n) is 6.68. The van der Waals surface area contributed by atoms with Gasteiger partial charge in [0.1, 0.15) is 0 Å². The summed E-state index contributed by atoms with van der Waals surface area (Å²) in [6.07, 6.45) is 4.64. The van der Waals surface area contributed by atoms with Crippen LogP contribution in [0.5, 0.6) is 0 Å². The molecular formula is C8H13ClOS. The van der Waals surface area contributed by atoms with Crippen LogP contribution in [0.4, 0.5) is 0 Å². The third-order valence-corrected chi connectivity index (χ3v) is 3.81. The van der Waals surface area contributed by atoms with Gasteiger partial charge in [-0.05, 0) is 12.8 Å². The summed E-state index contributed by atoms with van der Waals surface area (Å²) in [6.45, 7) is 1.61.